The molecular formula is C65H78N9O9S+. The van der Waals surface area contributed by atoms with E-state index in [1.165, 1.54) is 23.5 Å². The van der Waals surface area contributed by atoms with Crippen LogP contribution in [0.1, 0.15) is 117 Å². The molecule has 2 aromatic heterocycles. The van der Waals surface area contributed by atoms with Gasteiger partial charge in [0.1, 0.15) is 30.2 Å². The van der Waals surface area contributed by atoms with E-state index in [1.807, 2.05) is 82.3 Å². The Morgan fingerprint density at radius 2 is 1.61 bits per heavy atom. The van der Waals surface area contributed by atoms with E-state index < -0.39 is 21.1 Å². The van der Waals surface area contributed by atoms with Gasteiger partial charge in [-0.2, -0.15) is 23.0 Å². The number of imidazole rings is 1. The first-order valence-corrected chi connectivity index (χ1v) is 30.1. The van der Waals surface area contributed by atoms with E-state index in [9.17, 15) is 27.7 Å². The van der Waals surface area contributed by atoms with E-state index in [2.05, 4.69) is 105 Å². The molecule has 3 aliphatic rings. The van der Waals surface area contributed by atoms with Crippen molar-refractivity contribution in [3.05, 3.63) is 165 Å². The minimum atomic E-state index is -4.43. The number of fused-ring (bicyclic) bond motifs is 4. The summed E-state index contributed by atoms with van der Waals surface area (Å²) in [5.74, 6) is 1.15. The van der Waals surface area contributed by atoms with E-state index in [4.69, 9.17) is 19.9 Å². The van der Waals surface area contributed by atoms with E-state index in [0.29, 0.717) is 87.9 Å². The van der Waals surface area contributed by atoms with Crippen molar-refractivity contribution < 1.29 is 46.5 Å². The average Bonchev–Trinajstić information content (AvgIpc) is 2.98. The number of hydrogen-bond donors (Lipinski definition) is 6. The number of phenols is 1. The van der Waals surface area contributed by atoms with Crippen molar-refractivity contribution >= 4 is 56.1 Å². The second kappa shape index (κ2) is 25.0. The molecule has 0 saturated carbocycles. The van der Waals surface area contributed by atoms with Crippen LogP contribution in [0.2, 0.25) is 0 Å². The Bertz CT molecular complexity index is 3770. The molecule has 4 aromatic carbocycles. The van der Waals surface area contributed by atoms with Gasteiger partial charge in [0, 0.05) is 79.0 Å². The van der Waals surface area contributed by atoms with E-state index >= 15 is 0 Å². The van der Waals surface area contributed by atoms with Crippen LogP contribution in [0.3, 0.4) is 0 Å². The van der Waals surface area contributed by atoms with Gasteiger partial charge < -0.3 is 45.6 Å². The highest BCUT2D eigenvalue weighted by Crippen LogP contribution is 2.48. The molecule has 3 aliphatic heterocycles. The lowest BCUT2D eigenvalue weighted by Crippen LogP contribution is -2.51. The van der Waals surface area contributed by atoms with Crippen LogP contribution in [0.5, 0.6) is 17.4 Å². The van der Waals surface area contributed by atoms with Crippen molar-refractivity contribution in [1.82, 2.24) is 30.6 Å². The highest BCUT2D eigenvalue weighted by Gasteiger charge is 2.45. The number of amides is 2. The van der Waals surface area contributed by atoms with Crippen LogP contribution in [-0.4, -0.2) is 98.6 Å². The van der Waals surface area contributed by atoms with Gasteiger partial charge in [0.2, 0.25) is 23.4 Å². The smallest absolute Gasteiger partial charge is 0.294 e. The minimum absolute atomic E-state index is 0.0344. The number of nitrogens with one attached hydrogen (secondary N) is 3. The number of nitrogen functional groups attached to an aromatic ring is 1. The number of allylic oxidation sites excluding steroid dienone is 8. The van der Waals surface area contributed by atoms with Gasteiger partial charge in [-0.15, -0.1) is 0 Å². The fourth-order valence-corrected chi connectivity index (χ4v) is 12.0. The fraction of sp³-hybridized carbons (Fsp3) is 0.385. The number of nitrogens with two attached hydrogens (primary N) is 1. The Kier molecular flexibility index (Phi) is 18.0. The molecule has 0 saturated heterocycles. The van der Waals surface area contributed by atoms with Gasteiger partial charge in [0.25, 0.3) is 16.0 Å². The van der Waals surface area contributed by atoms with Gasteiger partial charge in [-0.25, -0.2) is 4.98 Å². The second-order valence-electron chi connectivity index (χ2n) is 23.2. The molecule has 18 nitrogen and oxygen atoms in total. The standard InChI is InChI=1S/C65H77N9O9S/c1-41-21-27-51-49(36-41)63(5,6)54(74(51)33-35-81-34-31-67-61(77)65(9)30-29-48-44(4)57(76)42(2)43(3)58(48)83-65)19-15-12-10-11-14-18-53-64(7,8)50-37-47(84(78,79)80)26-28-52(50)73(53)32-17-13-16-20-55(75)68-38-45-22-24-46(25-23-45)39-82-60-56-59(70-40-69-56)71-62(66)72-60/h10-12,14-15,18-19,21-28,36-37,40H,13,16-17,20,29-35,38-39H2,1-9H3,(H6-,66,67,68,69,70,71,72,75,76,77,78,79,80)/p+1. The van der Waals surface area contributed by atoms with E-state index in [0.717, 1.165) is 74.6 Å². The normalized spacial score (nSPS) is 17.6. The summed E-state index contributed by atoms with van der Waals surface area (Å²) in [6.45, 7) is 21.2. The summed E-state index contributed by atoms with van der Waals surface area (Å²) in [5, 5.41) is 16.7. The number of unbranched alkanes of at least 4 members (excludes halogenated alkanes) is 2. The molecule has 2 amide bonds. The van der Waals surface area contributed by atoms with Gasteiger partial charge in [-0.3, -0.25) is 14.1 Å². The van der Waals surface area contributed by atoms with Crippen molar-refractivity contribution in [3.63, 3.8) is 0 Å². The monoisotopic (exact) mass is 1160 g/mol. The number of aromatic hydroxyl groups is 1. The molecule has 0 spiro atoms. The third-order valence-corrected chi connectivity index (χ3v) is 17.4. The summed E-state index contributed by atoms with van der Waals surface area (Å²) in [7, 11) is -4.43. The zero-order valence-electron chi connectivity index (χ0n) is 49.6. The summed E-state index contributed by atoms with van der Waals surface area (Å²) < 4.78 is 55.2. The molecule has 5 heterocycles. The van der Waals surface area contributed by atoms with E-state index in [-0.39, 0.29) is 40.4 Å². The van der Waals surface area contributed by atoms with Crippen molar-refractivity contribution in [2.45, 2.75) is 135 Å². The summed E-state index contributed by atoms with van der Waals surface area (Å²) in [6, 6.07) is 19.1. The first kappa shape index (κ1) is 60.5. The molecule has 0 aliphatic carbocycles. The molecule has 19 heteroatoms. The largest absolute Gasteiger partial charge is 0.507 e. The zero-order valence-corrected chi connectivity index (χ0v) is 50.4. The quantitative estimate of drug-likeness (QED) is 0.0151. The van der Waals surface area contributed by atoms with Gasteiger partial charge in [0.05, 0.1) is 29.9 Å². The molecule has 0 bridgehead atoms. The second-order valence-corrected chi connectivity index (χ2v) is 24.6. The number of H-pyrrole nitrogens is 1. The number of aromatic nitrogens is 4. The lowest BCUT2D eigenvalue weighted by atomic mass is 9.81. The van der Waals surface area contributed by atoms with Crippen molar-refractivity contribution in [1.29, 1.82) is 0 Å². The lowest BCUT2D eigenvalue weighted by molar-refractivity contribution is -0.438. The number of rotatable bonds is 23. The maximum Gasteiger partial charge on any atom is 0.294 e. The third kappa shape index (κ3) is 13.0. The Morgan fingerprint density at radius 3 is 2.38 bits per heavy atom. The molecule has 442 valence electrons. The average molecular weight is 1160 g/mol. The minimum Gasteiger partial charge on any atom is -0.507 e. The molecule has 84 heavy (non-hydrogen) atoms. The molecule has 1 unspecified atom stereocenters. The topological polar surface area (TPSA) is 247 Å². The van der Waals surface area contributed by atoms with Crippen molar-refractivity contribution in [3.8, 4) is 17.4 Å². The predicted octanol–water partition coefficient (Wildman–Crippen LogP) is 10.2. The first-order valence-electron chi connectivity index (χ1n) is 28.7. The van der Waals surface area contributed by atoms with Crippen LogP contribution < -0.4 is 30.7 Å². The Labute approximate surface area is 492 Å². The van der Waals surface area contributed by atoms with Crippen LogP contribution >= 0.6 is 0 Å². The predicted molar refractivity (Wildman–Crippen MR) is 327 cm³/mol. The Morgan fingerprint density at radius 1 is 0.857 bits per heavy atom. The van der Waals surface area contributed by atoms with Crippen LogP contribution in [0, 0.1) is 27.7 Å². The van der Waals surface area contributed by atoms with Crippen LogP contribution in [0.25, 0.3) is 11.2 Å². The molecule has 7 N–H and O–H groups in total. The Hall–Kier alpha value is -8.13. The number of phenolic OH excluding ortho intramolecular Hbond substituents is 1. The van der Waals surface area contributed by atoms with Gasteiger partial charge >= 0.3 is 0 Å². The number of carbonyl (C=O) groups excluding carboxylic acids is 2. The molecule has 0 radical (unpaired) electrons. The summed E-state index contributed by atoms with van der Waals surface area (Å²) in [5.41, 5.74) is 17.5. The maximum absolute atomic E-state index is 13.5. The number of nitrogens with zero attached hydrogens (tertiary/aromatic N) is 5. The van der Waals surface area contributed by atoms with Crippen LogP contribution in [0.4, 0.5) is 17.3 Å². The van der Waals surface area contributed by atoms with E-state index in [1.54, 1.807) is 12.1 Å². The van der Waals surface area contributed by atoms with Crippen molar-refractivity contribution in [2.24, 2.45) is 0 Å². The van der Waals surface area contributed by atoms with Gasteiger partial charge in [-0.05, 0) is 125 Å². The van der Waals surface area contributed by atoms with Crippen molar-refractivity contribution in [2.75, 3.05) is 43.5 Å². The summed E-state index contributed by atoms with van der Waals surface area (Å²) in [4.78, 5) is 44.0. The summed E-state index contributed by atoms with van der Waals surface area (Å²) >= 11 is 0. The summed E-state index contributed by atoms with van der Waals surface area (Å²) in [6.07, 6.45) is 19.5. The first-order chi connectivity index (χ1) is 40.0. The molecular weight excluding hydrogens is 1080 g/mol. The van der Waals surface area contributed by atoms with Gasteiger partial charge in [0.15, 0.2) is 17.0 Å². The highest BCUT2D eigenvalue weighted by atomic mass is 32.2. The Balaban J connectivity index is 0.779. The third-order valence-electron chi connectivity index (χ3n) is 16.6. The molecule has 1 atom stereocenters. The lowest BCUT2D eigenvalue weighted by Gasteiger charge is -2.36. The maximum atomic E-state index is 13.5. The van der Waals surface area contributed by atoms with Crippen LogP contribution in [-0.2, 0) is 54.8 Å². The number of aromatic amines is 1. The number of benzene rings is 4. The number of aryl methyl sites for hydroxylation is 1. The number of hydrogen-bond acceptors (Lipinski definition) is 13. The van der Waals surface area contributed by atoms with Gasteiger partial charge in [-0.1, -0.05) is 86.2 Å². The number of ether oxygens (including phenoxy) is 3. The fourth-order valence-electron chi connectivity index (χ4n) is 11.5. The molecule has 6 aromatic rings. The van der Waals surface area contributed by atoms with Crippen LogP contribution in [0.15, 0.2) is 120 Å². The zero-order chi connectivity index (χ0) is 60.1. The SMILES string of the molecule is Cc1ccc2c(c1)C(C)(C)C(=CC=CC=CC=CC1=[N+](CCCCCC(=O)NCc3ccc(COc4nc(N)nc5nc[nH]c45)cc3)c3ccc(S(=O)(=O)O)cc3C1(C)C)N2CCOCCNC(=O)C1(C)CCc2c(C)c(O)c(C)c(C)c2O1. The molecule has 0 fully saturated rings. The molecule has 9 rings (SSSR count). The number of anilines is 2. The number of carbonyl (C=O) groups is 2. The highest BCUT2D eigenvalue weighted by molar-refractivity contribution is 7.85.